The standard InChI is InChI=1S/C20H19F2NO4/c1-13(18(24)23-11-10-14-4-2-3-5-16(14)12-23)26-19(25)15-6-8-17(9-7-15)27-20(21)22/h2-9,13,20H,10-12H2,1H3/t13-/m1/s1. The summed E-state index contributed by atoms with van der Waals surface area (Å²) in [6.07, 6.45) is -0.187. The summed E-state index contributed by atoms with van der Waals surface area (Å²) in [4.78, 5) is 26.5. The van der Waals surface area contributed by atoms with E-state index in [1.165, 1.54) is 36.8 Å². The summed E-state index contributed by atoms with van der Waals surface area (Å²) in [6, 6.07) is 13.0. The van der Waals surface area contributed by atoms with Gasteiger partial charge >= 0.3 is 12.6 Å². The molecule has 0 fully saturated rings. The van der Waals surface area contributed by atoms with Gasteiger partial charge in [-0.1, -0.05) is 24.3 Å². The van der Waals surface area contributed by atoms with Crippen LogP contribution >= 0.6 is 0 Å². The minimum Gasteiger partial charge on any atom is -0.449 e. The Balaban J connectivity index is 1.59. The van der Waals surface area contributed by atoms with Crippen LogP contribution in [0.4, 0.5) is 8.78 Å². The summed E-state index contributed by atoms with van der Waals surface area (Å²) in [5.74, 6) is -1.02. The maximum Gasteiger partial charge on any atom is 0.387 e. The van der Waals surface area contributed by atoms with E-state index < -0.39 is 18.7 Å². The quantitative estimate of drug-likeness (QED) is 0.752. The third kappa shape index (κ3) is 4.61. The molecule has 0 aromatic heterocycles. The van der Waals surface area contributed by atoms with Gasteiger partial charge in [0.15, 0.2) is 6.10 Å². The van der Waals surface area contributed by atoms with Crippen molar-refractivity contribution in [2.24, 2.45) is 0 Å². The van der Waals surface area contributed by atoms with E-state index in [-0.39, 0.29) is 17.2 Å². The first-order chi connectivity index (χ1) is 12.9. The second kappa shape index (κ2) is 8.16. The van der Waals surface area contributed by atoms with Crippen LogP contribution in [-0.2, 0) is 22.5 Å². The second-order valence-electron chi connectivity index (χ2n) is 6.23. The van der Waals surface area contributed by atoms with Crippen LogP contribution in [-0.4, -0.2) is 36.0 Å². The van der Waals surface area contributed by atoms with Crippen LogP contribution in [0.3, 0.4) is 0 Å². The lowest BCUT2D eigenvalue weighted by Crippen LogP contribution is -2.42. The fourth-order valence-electron chi connectivity index (χ4n) is 2.99. The van der Waals surface area contributed by atoms with Crippen molar-refractivity contribution < 1.29 is 27.8 Å². The average Bonchev–Trinajstić information content (AvgIpc) is 2.67. The van der Waals surface area contributed by atoms with E-state index in [2.05, 4.69) is 4.74 Å². The zero-order valence-corrected chi connectivity index (χ0v) is 14.7. The molecule has 1 atom stereocenters. The second-order valence-corrected chi connectivity index (χ2v) is 6.23. The van der Waals surface area contributed by atoms with Crippen LogP contribution in [0.5, 0.6) is 5.75 Å². The maximum absolute atomic E-state index is 12.6. The van der Waals surface area contributed by atoms with E-state index in [1.54, 1.807) is 4.90 Å². The van der Waals surface area contributed by atoms with Gasteiger partial charge in [-0.2, -0.15) is 8.78 Å². The van der Waals surface area contributed by atoms with Crippen molar-refractivity contribution in [3.05, 3.63) is 65.2 Å². The summed E-state index contributed by atoms with van der Waals surface area (Å²) >= 11 is 0. The molecule has 5 nitrogen and oxygen atoms in total. The SMILES string of the molecule is C[C@@H](OC(=O)c1ccc(OC(F)F)cc1)C(=O)N1CCc2ccccc2C1. The number of esters is 1. The molecule has 0 saturated heterocycles. The van der Waals surface area contributed by atoms with Crippen LogP contribution in [0.1, 0.15) is 28.4 Å². The van der Waals surface area contributed by atoms with E-state index in [1.807, 2.05) is 24.3 Å². The van der Waals surface area contributed by atoms with Crippen molar-refractivity contribution in [2.45, 2.75) is 32.6 Å². The number of fused-ring (bicyclic) bond motifs is 1. The molecule has 7 heteroatoms. The molecule has 0 N–H and O–H groups in total. The topological polar surface area (TPSA) is 55.8 Å². The molecule has 1 aliphatic heterocycles. The molecule has 0 radical (unpaired) electrons. The van der Waals surface area contributed by atoms with Crippen molar-refractivity contribution in [1.29, 1.82) is 0 Å². The highest BCUT2D eigenvalue weighted by Crippen LogP contribution is 2.20. The molecule has 142 valence electrons. The Morgan fingerprint density at radius 2 is 1.70 bits per heavy atom. The van der Waals surface area contributed by atoms with Gasteiger partial charge in [0.25, 0.3) is 5.91 Å². The van der Waals surface area contributed by atoms with Crippen LogP contribution in [0.15, 0.2) is 48.5 Å². The zero-order valence-electron chi connectivity index (χ0n) is 14.7. The largest absolute Gasteiger partial charge is 0.449 e. The molecule has 3 rings (SSSR count). The highest BCUT2D eigenvalue weighted by atomic mass is 19.3. The number of nitrogens with zero attached hydrogens (tertiary/aromatic N) is 1. The van der Waals surface area contributed by atoms with E-state index in [0.717, 1.165) is 12.0 Å². The van der Waals surface area contributed by atoms with Gasteiger partial charge in [0.2, 0.25) is 0 Å². The minimum atomic E-state index is -2.94. The fraction of sp³-hybridized carbons (Fsp3) is 0.300. The Morgan fingerprint density at radius 3 is 2.37 bits per heavy atom. The lowest BCUT2D eigenvalue weighted by atomic mass is 9.99. The molecule has 2 aromatic carbocycles. The molecule has 0 bridgehead atoms. The van der Waals surface area contributed by atoms with Crippen LogP contribution in [0, 0.1) is 0 Å². The van der Waals surface area contributed by atoms with Gasteiger partial charge in [0.05, 0.1) is 5.56 Å². The highest BCUT2D eigenvalue weighted by molar-refractivity contribution is 5.92. The molecular formula is C20H19F2NO4. The number of alkyl halides is 2. The molecule has 1 amide bonds. The van der Waals surface area contributed by atoms with Crippen molar-refractivity contribution in [1.82, 2.24) is 4.90 Å². The van der Waals surface area contributed by atoms with Gasteiger partial charge in [-0.15, -0.1) is 0 Å². The zero-order chi connectivity index (χ0) is 19.4. The molecule has 0 saturated carbocycles. The van der Waals surface area contributed by atoms with E-state index in [9.17, 15) is 18.4 Å². The summed E-state index contributed by atoms with van der Waals surface area (Å²) in [5.41, 5.74) is 2.46. The Bertz CT molecular complexity index is 823. The van der Waals surface area contributed by atoms with Gasteiger partial charge in [-0.3, -0.25) is 4.79 Å². The van der Waals surface area contributed by atoms with Crippen molar-refractivity contribution >= 4 is 11.9 Å². The number of rotatable bonds is 5. The number of amides is 1. The summed E-state index contributed by atoms with van der Waals surface area (Å²) in [5, 5.41) is 0. The normalized spacial score (nSPS) is 14.4. The molecule has 2 aromatic rings. The lowest BCUT2D eigenvalue weighted by Gasteiger charge is -2.30. The Morgan fingerprint density at radius 1 is 1.04 bits per heavy atom. The fourth-order valence-corrected chi connectivity index (χ4v) is 2.99. The first kappa shape index (κ1) is 18.8. The van der Waals surface area contributed by atoms with Gasteiger partial charge in [-0.05, 0) is 48.7 Å². The van der Waals surface area contributed by atoms with Gasteiger partial charge in [0.1, 0.15) is 5.75 Å². The minimum absolute atomic E-state index is 0.0577. The molecule has 27 heavy (non-hydrogen) atoms. The average molecular weight is 375 g/mol. The third-order valence-corrected chi connectivity index (χ3v) is 4.39. The Hall–Kier alpha value is -2.96. The molecule has 0 spiro atoms. The first-order valence-corrected chi connectivity index (χ1v) is 8.55. The Kier molecular flexibility index (Phi) is 5.69. The predicted octanol–water partition coefficient (Wildman–Crippen LogP) is 3.42. The third-order valence-electron chi connectivity index (χ3n) is 4.39. The first-order valence-electron chi connectivity index (χ1n) is 8.55. The number of carbonyl (C=O) groups is 2. The van der Waals surface area contributed by atoms with Crippen LogP contribution in [0.2, 0.25) is 0 Å². The predicted molar refractivity (Wildman–Crippen MR) is 93.5 cm³/mol. The molecule has 1 heterocycles. The molecular weight excluding hydrogens is 356 g/mol. The number of benzene rings is 2. The van der Waals surface area contributed by atoms with E-state index >= 15 is 0 Å². The lowest BCUT2D eigenvalue weighted by molar-refractivity contribution is -0.140. The molecule has 0 unspecified atom stereocenters. The van der Waals surface area contributed by atoms with E-state index in [0.29, 0.717) is 13.1 Å². The van der Waals surface area contributed by atoms with Gasteiger partial charge in [0, 0.05) is 13.1 Å². The maximum atomic E-state index is 12.6. The number of halogens is 2. The summed E-state index contributed by atoms with van der Waals surface area (Å²) in [7, 11) is 0. The molecule has 1 aliphatic rings. The number of hydrogen-bond donors (Lipinski definition) is 0. The smallest absolute Gasteiger partial charge is 0.387 e. The number of hydrogen-bond acceptors (Lipinski definition) is 4. The number of carbonyl (C=O) groups excluding carboxylic acids is 2. The Labute approximate surface area is 155 Å². The van der Waals surface area contributed by atoms with Crippen molar-refractivity contribution in [3.63, 3.8) is 0 Å². The van der Waals surface area contributed by atoms with Crippen LogP contribution < -0.4 is 4.74 Å². The number of ether oxygens (including phenoxy) is 2. The molecule has 0 aliphatic carbocycles. The monoisotopic (exact) mass is 375 g/mol. The van der Waals surface area contributed by atoms with Crippen molar-refractivity contribution in [3.8, 4) is 5.75 Å². The summed E-state index contributed by atoms with van der Waals surface area (Å²) in [6.45, 7) is -0.363. The van der Waals surface area contributed by atoms with Crippen LogP contribution in [0.25, 0.3) is 0 Å². The van der Waals surface area contributed by atoms with Gasteiger partial charge < -0.3 is 14.4 Å². The van der Waals surface area contributed by atoms with E-state index in [4.69, 9.17) is 4.74 Å². The van der Waals surface area contributed by atoms with Gasteiger partial charge in [-0.25, -0.2) is 4.79 Å². The summed E-state index contributed by atoms with van der Waals surface area (Å²) < 4.78 is 33.8. The highest BCUT2D eigenvalue weighted by Gasteiger charge is 2.27. The van der Waals surface area contributed by atoms with Crippen molar-refractivity contribution in [2.75, 3.05) is 6.54 Å².